The Labute approximate surface area is 152 Å². The first-order chi connectivity index (χ1) is 9.47. The van der Waals surface area contributed by atoms with Crippen LogP contribution < -0.4 is 29.6 Å². The fraction of sp³-hybridized carbons (Fsp3) is 0.929. The van der Waals surface area contributed by atoms with Gasteiger partial charge in [0.15, 0.2) is 0 Å². The third-order valence-corrected chi connectivity index (χ3v) is 3.18. The van der Waals surface area contributed by atoms with E-state index in [1.807, 2.05) is 6.29 Å². The molecule has 0 atom stereocenters. The standard InChI is InChI=1S/C12H23O.C2H6O4S.Na/c1-2-3-4-5-6-7-8-9-10-11-12-13;1-2-6-7(3,4)5;/h2-11H2,1H3;2H2,1H3,(H,3,4,5);/q-1;;+1. The summed E-state index contributed by atoms with van der Waals surface area (Å²) in [6.45, 7) is 3.68. The topological polar surface area (TPSA) is 80.7 Å². The van der Waals surface area contributed by atoms with E-state index < -0.39 is 10.4 Å². The fourth-order valence-electron chi connectivity index (χ4n) is 1.66. The molecule has 0 aliphatic rings. The average molecular weight is 332 g/mol. The van der Waals surface area contributed by atoms with Crippen LogP contribution in [0.2, 0.25) is 0 Å². The van der Waals surface area contributed by atoms with Crippen molar-refractivity contribution in [3.05, 3.63) is 0 Å². The van der Waals surface area contributed by atoms with E-state index in [9.17, 15) is 13.2 Å². The molecule has 0 heterocycles. The van der Waals surface area contributed by atoms with Gasteiger partial charge in [-0.2, -0.15) is 14.8 Å². The zero-order valence-corrected chi connectivity index (χ0v) is 16.6. The minimum Gasteiger partial charge on any atom is -0.542 e. The summed E-state index contributed by atoms with van der Waals surface area (Å²) in [5, 5.41) is 0. The number of rotatable bonds is 12. The molecule has 0 unspecified atom stereocenters. The van der Waals surface area contributed by atoms with Gasteiger partial charge in [-0.3, -0.25) is 10.8 Å². The molecule has 0 spiro atoms. The Bertz CT molecular complexity index is 294. The fourth-order valence-corrected chi connectivity index (χ4v) is 1.95. The number of unbranched alkanes of at least 4 members (excludes halogenated alkanes) is 9. The molecule has 0 amide bonds. The van der Waals surface area contributed by atoms with Crippen molar-refractivity contribution in [2.45, 2.75) is 78.1 Å². The summed E-state index contributed by atoms with van der Waals surface area (Å²) in [5.74, 6) is 0. The molecule has 1 N–H and O–H groups in total. The van der Waals surface area contributed by atoms with Crippen molar-refractivity contribution in [3.63, 3.8) is 0 Å². The van der Waals surface area contributed by atoms with Crippen molar-refractivity contribution in [2.75, 3.05) is 6.61 Å². The summed E-state index contributed by atoms with van der Waals surface area (Å²) >= 11 is 0. The van der Waals surface area contributed by atoms with Crippen LogP contribution in [0, 0.1) is 0 Å². The van der Waals surface area contributed by atoms with Crippen molar-refractivity contribution >= 4 is 16.7 Å². The predicted octanol–water partition coefficient (Wildman–Crippen LogP) is 0.847. The van der Waals surface area contributed by atoms with Gasteiger partial charge in [0.1, 0.15) is 0 Å². The van der Waals surface area contributed by atoms with Crippen LogP contribution in [0.25, 0.3) is 0 Å². The molecule has 0 aromatic carbocycles. The van der Waals surface area contributed by atoms with E-state index in [-0.39, 0.29) is 36.2 Å². The summed E-state index contributed by atoms with van der Waals surface area (Å²) in [5.41, 5.74) is 0. The summed E-state index contributed by atoms with van der Waals surface area (Å²) in [6, 6.07) is 0. The summed E-state index contributed by atoms with van der Waals surface area (Å²) in [6.07, 6.45) is 14.4. The Kier molecular flexibility index (Phi) is 25.9. The van der Waals surface area contributed by atoms with E-state index in [2.05, 4.69) is 11.1 Å². The van der Waals surface area contributed by atoms with Crippen LogP contribution in [0.15, 0.2) is 0 Å². The van der Waals surface area contributed by atoms with Gasteiger partial charge in [-0.15, -0.1) is 0 Å². The molecule has 0 aliphatic heterocycles. The second-order valence-corrected chi connectivity index (χ2v) is 5.65. The molecule has 0 saturated carbocycles. The number of hydrogen-bond donors (Lipinski definition) is 1. The van der Waals surface area contributed by atoms with Gasteiger partial charge in [0.05, 0.1) is 6.61 Å². The molecule has 122 valence electrons. The maximum atomic E-state index is 9.89. The first-order valence-corrected chi connectivity index (χ1v) is 8.81. The maximum Gasteiger partial charge on any atom is 1.00 e. The zero-order valence-electron chi connectivity index (χ0n) is 13.8. The molecule has 0 aromatic heterocycles. The minimum atomic E-state index is -4.17. The maximum absolute atomic E-state index is 9.89. The van der Waals surface area contributed by atoms with Gasteiger partial charge in [-0.1, -0.05) is 64.7 Å². The molecular weight excluding hydrogens is 303 g/mol. The summed E-state index contributed by atoms with van der Waals surface area (Å²) < 4.78 is 30.7. The summed E-state index contributed by atoms with van der Waals surface area (Å²) in [7, 11) is -4.17. The largest absolute Gasteiger partial charge is 1.00 e. The molecule has 0 aliphatic carbocycles. The molecule has 21 heavy (non-hydrogen) atoms. The molecule has 0 fully saturated rings. The first kappa shape index (κ1) is 26.4. The van der Waals surface area contributed by atoms with E-state index in [1.54, 1.807) is 0 Å². The third-order valence-electron chi connectivity index (χ3n) is 2.65. The van der Waals surface area contributed by atoms with E-state index in [1.165, 1.54) is 58.3 Å². The van der Waals surface area contributed by atoms with Crippen molar-refractivity contribution in [1.29, 1.82) is 0 Å². The Balaban J connectivity index is -0.000000347. The second-order valence-electron chi connectivity index (χ2n) is 4.56. The van der Waals surface area contributed by atoms with Gasteiger partial charge in [-0.25, -0.2) is 4.18 Å². The molecule has 5 nitrogen and oxygen atoms in total. The molecule has 0 aromatic rings. The molecule has 0 saturated heterocycles. The van der Waals surface area contributed by atoms with Gasteiger partial charge in [0, 0.05) is 0 Å². The van der Waals surface area contributed by atoms with Gasteiger partial charge < -0.3 is 4.79 Å². The van der Waals surface area contributed by atoms with Crippen LogP contribution in [-0.4, -0.2) is 25.9 Å². The van der Waals surface area contributed by atoms with Crippen molar-refractivity contribution < 1.29 is 51.5 Å². The quantitative estimate of drug-likeness (QED) is 0.248. The van der Waals surface area contributed by atoms with Gasteiger partial charge in [0.2, 0.25) is 0 Å². The van der Waals surface area contributed by atoms with E-state index in [0.29, 0.717) is 6.42 Å². The van der Waals surface area contributed by atoms with E-state index in [4.69, 9.17) is 4.55 Å². The average Bonchev–Trinajstić information content (AvgIpc) is 2.36. The Morgan fingerprint density at radius 3 is 1.62 bits per heavy atom. The second kappa shape index (κ2) is 20.5. The van der Waals surface area contributed by atoms with Crippen LogP contribution in [-0.2, 0) is 19.4 Å². The van der Waals surface area contributed by atoms with Gasteiger partial charge in [0.25, 0.3) is 0 Å². The van der Waals surface area contributed by atoms with Crippen LogP contribution in [0.4, 0.5) is 0 Å². The Morgan fingerprint density at radius 1 is 0.905 bits per heavy atom. The normalized spacial score (nSPS) is 10.2. The van der Waals surface area contributed by atoms with Crippen LogP contribution in [0.3, 0.4) is 0 Å². The monoisotopic (exact) mass is 332 g/mol. The third kappa shape index (κ3) is 33.4. The van der Waals surface area contributed by atoms with E-state index in [0.717, 1.165) is 6.42 Å². The van der Waals surface area contributed by atoms with Crippen LogP contribution in [0.1, 0.15) is 78.1 Å². The van der Waals surface area contributed by atoms with E-state index >= 15 is 0 Å². The minimum absolute atomic E-state index is 0. The molecular formula is C14H29NaO5S. The summed E-state index contributed by atoms with van der Waals surface area (Å²) in [4.78, 5) is 9.89. The SMILES string of the molecule is CCCCCCCCCCC[C-]=O.CCOS(=O)(=O)O.[Na+]. The molecule has 0 rings (SSSR count). The number of hydrogen-bond acceptors (Lipinski definition) is 4. The first-order valence-electron chi connectivity index (χ1n) is 7.44. The molecule has 0 bridgehead atoms. The molecule has 7 heteroatoms. The van der Waals surface area contributed by atoms with Crippen LogP contribution >= 0.6 is 0 Å². The van der Waals surface area contributed by atoms with Gasteiger partial charge >= 0.3 is 40.0 Å². The Hall–Kier alpha value is 0.540. The smallest absolute Gasteiger partial charge is 0.542 e. The van der Waals surface area contributed by atoms with Gasteiger partial charge in [-0.05, 0) is 6.92 Å². The Morgan fingerprint density at radius 2 is 1.33 bits per heavy atom. The van der Waals surface area contributed by atoms with Crippen molar-refractivity contribution in [1.82, 2.24) is 0 Å². The number of carbonyl (C=O) groups excluding carboxylic acids is 1. The molecule has 0 radical (unpaired) electrons. The van der Waals surface area contributed by atoms with Crippen molar-refractivity contribution in [3.8, 4) is 0 Å². The zero-order chi connectivity index (χ0) is 15.7. The van der Waals surface area contributed by atoms with Crippen molar-refractivity contribution in [2.24, 2.45) is 0 Å². The predicted molar refractivity (Wildman–Crippen MR) is 80.7 cm³/mol. The van der Waals surface area contributed by atoms with Crippen LogP contribution in [0.5, 0.6) is 0 Å².